The third-order valence-corrected chi connectivity index (χ3v) is 2.35. The van der Waals surface area contributed by atoms with Crippen LogP contribution in [0.25, 0.3) is 11.0 Å². The predicted octanol–water partition coefficient (Wildman–Crippen LogP) is 2.54. The third-order valence-electron chi connectivity index (χ3n) is 2.35. The van der Waals surface area contributed by atoms with Gasteiger partial charge in [-0.15, -0.1) is 0 Å². The summed E-state index contributed by atoms with van der Waals surface area (Å²) in [5.41, 5.74) is 1.10. The fraction of sp³-hybridized carbons (Fsp3) is 0.250. The Morgan fingerprint density at radius 2 is 2.00 bits per heavy atom. The molecule has 0 aliphatic heterocycles. The monoisotopic (exact) mass is 220 g/mol. The number of fused-ring (bicyclic) bond motifs is 1. The molecule has 0 unspecified atom stereocenters. The number of furan rings is 1. The van der Waals surface area contributed by atoms with Gasteiger partial charge < -0.3 is 13.9 Å². The van der Waals surface area contributed by atoms with Crippen molar-refractivity contribution in [3.05, 3.63) is 29.5 Å². The van der Waals surface area contributed by atoms with Crippen molar-refractivity contribution in [2.75, 3.05) is 14.2 Å². The van der Waals surface area contributed by atoms with E-state index in [1.54, 1.807) is 12.1 Å². The maximum absolute atomic E-state index is 11.4. The Balaban J connectivity index is 2.67. The van der Waals surface area contributed by atoms with E-state index in [9.17, 15) is 4.79 Å². The normalized spacial score (nSPS) is 10.4. The molecule has 0 saturated heterocycles. The average molecular weight is 220 g/mol. The average Bonchev–Trinajstić information content (AvgIpc) is 2.66. The third kappa shape index (κ3) is 1.62. The Labute approximate surface area is 92.8 Å². The van der Waals surface area contributed by atoms with E-state index in [1.807, 2.05) is 13.0 Å². The van der Waals surface area contributed by atoms with E-state index in [1.165, 1.54) is 14.2 Å². The Kier molecular flexibility index (Phi) is 2.56. The molecule has 1 heterocycles. The summed E-state index contributed by atoms with van der Waals surface area (Å²) in [5, 5.41) is 0.831. The van der Waals surface area contributed by atoms with Gasteiger partial charge in [-0.3, -0.25) is 0 Å². The molecular weight excluding hydrogens is 208 g/mol. The minimum atomic E-state index is -0.390. The molecule has 0 aliphatic carbocycles. The molecule has 0 aliphatic rings. The zero-order valence-corrected chi connectivity index (χ0v) is 9.37. The first-order chi connectivity index (χ1) is 7.65. The van der Waals surface area contributed by atoms with E-state index in [0.29, 0.717) is 16.9 Å². The van der Waals surface area contributed by atoms with Crippen LogP contribution in [-0.2, 0) is 4.74 Å². The quantitative estimate of drug-likeness (QED) is 0.730. The second kappa shape index (κ2) is 3.89. The number of esters is 1. The molecule has 2 aromatic rings. The highest BCUT2D eigenvalue weighted by Crippen LogP contribution is 2.30. The van der Waals surface area contributed by atoms with Crippen LogP contribution in [-0.4, -0.2) is 20.2 Å². The molecule has 4 nitrogen and oxygen atoms in total. The van der Waals surface area contributed by atoms with Crippen molar-refractivity contribution >= 4 is 16.9 Å². The van der Waals surface area contributed by atoms with Gasteiger partial charge in [0.2, 0.25) is 0 Å². The topological polar surface area (TPSA) is 48.7 Å². The number of carbonyl (C=O) groups excluding carboxylic acids is 1. The number of hydrogen-bond acceptors (Lipinski definition) is 4. The summed E-state index contributed by atoms with van der Waals surface area (Å²) in [5.74, 6) is 0.917. The highest BCUT2D eigenvalue weighted by molar-refractivity contribution is 5.96. The van der Waals surface area contributed by atoms with Gasteiger partial charge in [-0.1, -0.05) is 0 Å². The highest BCUT2D eigenvalue weighted by Gasteiger charge is 2.13. The lowest BCUT2D eigenvalue weighted by atomic mass is 10.1. The van der Waals surface area contributed by atoms with Crippen molar-refractivity contribution in [3.63, 3.8) is 0 Å². The molecule has 84 valence electrons. The maximum atomic E-state index is 11.4. The van der Waals surface area contributed by atoms with Crippen LogP contribution in [0.15, 0.2) is 22.6 Å². The van der Waals surface area contributed by atoms with Crippen LogP contribution in [0.2, 0.25) is 0 Å². The molecule has 2 rings (SSSR count). The molecule has 0 bridgehead atoms. The van der Waals surface area contributed by atoms with Gasteiger partial charge in [-0.2, -0.15) is 0 Å². The maximum Gasteiger partial charge on any atom is 0.338 e. The number of benzene rings is 1. The zero-order valence-electron chi connectivity index (χ0n) is 9.37. The highest BCUT2D eigenvalue weighted by atomic mass is 16.5. The standard InChI is InChI=1S/C12H12O4/c1-7-4-8-5-9(12(13)15-3)6-10(14-2)11(8)16-7/h4-6H,1-3H3. The van der Waals surface area contributed by atoms with Crippen molar-refractivity contribution < 1.29 is 18.7 Å². The summed E-state index contributed by atoms with van der Waals surface area (Å²) in [6, 6.07) is 5.18. The van der Waals surface area contributed by atoms with Crippen LogP contribution >= 0.6 is 0 Å². The van der Waals surface area contributed by atoms with E-state index in [-0.39, 0.29) is 5.97 Å². The van der Waals surface area contributed by atoms with E-state index >= 15 is 0 Å². The number of methoxy groups -OCH3 is 2. The molecule has 0 spiro atoms. The second-order valence-corrected chi connectivity index (χ2v) is 3.45. The van der Waals surface area contributed by atoms with Crippen molar-refractivity contribution in [1.29, 1.82) is 0 Å². The Morgan fingerprint density at radius 3 is 2.62 bits per heavy atom. The van der Waals surface area contributed by atoms with Gasteiger partial charge in [0, 0.05) is 5.39 Å². The molecule has 0 fully saturated rings. The van der Waals surface area contributed by atoms with Gasteiger partial charge in [0.1, 0.15) is 5.76 Å². The fourth-order valence-electron chi connectivity index (χ4n) is 1.64. The van der Waals surface area contributed by atoms with Gasteiger partial charge >= 0.3 is 5.97 Å². The number of ether oxygens (including phenoxy) is 2. The van der Waals surface area contributed by atoms with Crippen molar-refractivity contribution in [2.24, 2.45) is 0 Å². The summed E-state index contributed by atoms with van der Waals surface area (Å²) in [6.07, 6.45) is 0. The second-order valence-electron chi connectivity index (χ2n) is 3.45. The van der Waals surface area contributed by atoms with Crippen LogP contribution in [0.1, 0.15) is 16.1 Å². The van der Waals surface area contributed by atoms with E-state index < -0.39 is 0 Å². The molecule has 0 N–H and O–H groups in total. The first-order valence-electron chi connectivity index (χ1n) is 4.82. The lowest BCUT2D eigenvalue weighted by Gasteiger charge is -2.03. The van der Waals surface area contributed by atoms with Gasteiger partial charge in [0.05, 0.1) is 19.8 Å². The van der Waals surface area contributed by atoms with E-state index in [4.69, 9.17) is 9.15 Å². The number of carbonyl (C=O) groups is 1. The molecule has 1 aromatic carbocycles. The summed E-state index contributed by atoms with van der Waals surface area (Å²) >= 11 is 0. The smallest absolute Gasteiger partial charge is 0.338 e. The Hall–Kier alpha value is -1.97. The molecule has 1 aromatic heterocycles. The van der Waals surface area contributed by atoms with E-state index in [0.717, 1.165) is 11.1 Å². The van der Waals surface area contributed by atoms with Crippen molar-refractivity contribution in [1.82, 2.24) is 0 Å². The van der Waals surface area contributed by atoms with Crippen LogP contribution in [0.4, 0.5) is 0 Å². The van der Waals surface area contributed by atoms with Gasteiger partial charge in [0.15, 0.2) is 11.3 Å². The molecular formula is C12H12O4. The minimum Gasteiger partial charge on any atom is -0.493 e. The number of aryl methyl sites for hydroxylation is 1. The molecule has 4 heteroatoms. The number of rotatable bonds is 2. The fourth-order valence-corrected chi connectivity index (χ4v) is 1.64. The van der Waals surface area contributed by atoms with Gasteiger partial charge in [-0.25, -0.2) is 4.79 Å². The summed E-state index contributed by atoms with van der Waals surface area (Å²) < 4.78 is 15.3. The first-order valence-corrected chi connectivity index (χ1v) is 4.82. The first kappa shape index (κ1) is 10.5. The van der Waals surface area contributed by atoms with Gasteiger partial charge in [-0.05, 0) is 25.1 Å². The molecule has 0 radical (unpaired) electrons. The zero-order chi connectivity index (χ0) is 11.7. The Bertz CT molecular complexity index is 539. The summed E-state index contributed by atoms with van der Waals surface area (Å²) in [6.45, 7) is 1.84. The van der Waals surface area contributed by atoms with Crippen LogP contribution in [0.3, 0.4) is 0 Å². The number of hydrogen-bond donors (Lipinski definition) is 0. The molecule has 16 heavy (non-hydrogen) atoms. The largest absolute Gasteiger partial charge is 0.493 e. The Morgan fingerprint density at radius 1 is 1.25 bits per heavy atom. The van der Waals surface area contributed by atoms with Crippen molar-refractivity contribution in [2.45, 2.75) is 6.92 Å². The van der Waals surface area contributed by atoms with Gasteiger partial charge in [0.25, 0.3) is 0 Å². The summed E-state index contributed by atoms with van der Waals surface area (Å²) in [4.78, 5) is 11.4. The van der Waals surface area contributed by atoms with Crippen LogP contribution < -0.4 is 4.74 Å². The molecule has 0 amide bonds. The summed E-state index contributed by atoms with van der Waals surface area (Å²) in [7, 11) is 2.88. The molecule has 0 saturated carbocycles. The SMILES string of the molecule is COC(=O)c1cc(OC)c2oc(C)cc2c1. The van der Waals surface area contributed by atoms with E-state index in [2.05, 4.69) is 4.74 Å². The predicted molar refractivity (Wildman–Crippen MR) is 58.8 cm³/mol. The minimum absolute atomic E-state index is 0.390. The molecule has 0 atom stereocenters. The van der Waals surface area contributed by atoms with Crippen LogP contribution in [0, 0.1) is 6.92 Å². The lowest BCUT2D eigenvalue weighted by molar-refractivity contribution is 0.0600. The lowest BCUT2D eigenvalue weighted by Crippen LogP contribution is -2.01. The van der Waals surface area contributed by atoms with Crippen LogP contribution in [0.5, 0.6) is 5.75 Å². The van der Waals surface area contributed by atoms with Crippen molar-refractivity contribution in [3.8, 4) is 5.75 Å².